The fourth-order valence-corrected chi connectivity index (χ4v) is 0.863. The summed E-state index contributed by atoms with van der Waals surface area (Å²) in [6.07, 6.45) is 0.892. The van der Waals surface area contributed by atoms with Crippen molar-refractivity contribution in [2.24, 2.45) is 5.41 Å². The predicted octanol–water partition coefficient (Wildman–Crippen LogP) is 2.29. The average Bonchev–Trinajstić information content (AvgIpc) is 2.01. The van der Waals surface area contributed by atoms with Gasteiger partial charge in [0.05, 0.1) is 0 Å². The number of hydrogen-bond acceptors (Lipinski definition) is 1. The molecule has 0 radical (unpaired) electrons. The van der Waals surface area contributed by atoms with Crippen molar-refractivity contribution in [3.8, 4) is 0 Å². The van der Waals surface area contributed by atoms with Crippen LogP contribution in [0, 0.1) is 5.41 Å². The third kappa shape index (κ3) is 2.50. The Bertz CT molecular complexity index is 161. The van der Waals surface area contributed by atoms with Gasteiger partial charge in [-0.3, -0.25) is 4.79 Å². The van der Waals surface area contributed by atoms with Gasteiger partial charge in [-0.05, 0) is 20.3 Å². The third-order valence-electron chi connectivity index (χ3n) is 2.56. The lowest BCUT2D eigenvalue weighted by atomic mass is 9.88. The highest BCUT2D eigenvalue weighted by molar-refractivity contribution is 5.81. The summed E-state index contributed by atoms with van der Waals surface area (Å²) < 4.78 is 0. The zero-order valence-corrected chi connectivity index (χ0v) is 9.14. The van der Waals surface area contributed by atoms with Crippen LogP contribution in [0.25, 0.3) is 0 Å². The fraction of sp³-hybridized carbons (Fsp3) is 0.900. The maximum Gasteiger partial charge on any atom is 0.228 e. The number of nitrogens with zero attached hydrogens (tertiary/aromatic N) is 1. The van der Waals surface area contributed by atoms with Crippen LogP contribution in [-0.2, 0) is 4.79 Å². The van der Waals surface area contributed by atoms with Crippen molar-refractivity contribution in [1.29, 1.82) is 0 Å². The monoisotopic (exact) mass is 171 g/mol. The molecule has 0 rings (SSSR count). The summed E-state index contributed by atoms with van der Waals surface area (Å²) in [7, 11) is 1.87. The summed E-state index contributed by atoms with van der Waals surface area (Å²) in [5.74, 6) is 0.236. The number of amides is 1. The smallest absolute Gasteiger partial charge is 0.228 e. The molecule has 1 amide bonds. The van der Waals surface area contributed by atoms with Gasteiger partial charge in [-0.2, -0.15) is 0 Å². The quantitative estimate of drug-likeness (QED) is 0.638. The Labute approximate surface area is 75.9 Å². The molecule has 0 aromatic carbocycles. The zero-order valence-electron chi connectivity index (χ0n) is 9.14. The first-order chi connectivity index (χ1) is 5.33. The minimum absolute atomic E-state index is 0.209. The first-order valence-corrected chi connectivity index (χ1v) is 4.60. The van der Waals surface area contributed by atoms with Crippen LogP contribution in [0.3, 0.4) is 0 Å². The summed E-state index contributed by atoms with van der Waals surface area (Å²) in [5.41, 5.74) is -0.209. The van der Waals surface area contributed by atoms with E-state index in [1.54, 1.807) is 0 Å². The average molecular weight is 171 g/mol. The highest BCUT2D eigenvalue weighted by atomic mass is 16.2. The largest absolute Gasteiger partial charge is 0.343 e. The van der Waals surface area contributed by atoms with E-state index in [9.17, 15) is 4.79 Å². The SMILES string of the molecule is CCC(C)(C)C(=O)N(C)C(C)C. The van der Waals surface area contributed by atoms with E-state index in [2.05, 4.69) is 0 Å². The number of hydrogen-bond donors (Lipinski definition) is 0. The molecule has 12 heavy (non-hydrogen) atoms. The van der Waals surface area contributed by atoms with Crippen molar-refractivity contribution in [3.63, 3.8) is 0 Å². The minimum Gasteiger partial charge on any atom is -0.343 e. The second kappa shape index (κ2) is 3.92. The molecule has 0 bridgehead atoms. The molecule has 0 heterocycles. The van der Waals surface area contributed by atoms with Gasteiger partial charge in [0.1, 0.15) is 0 Å². The Morgan fingerprint density at radius 1 is 1.42 bits per heavy atom. The van der Waals surface area contributed by atoms with Crippen molar-refractivity contribution >= 4 is 5.91 Å². The van der Waals surface area contributed by atoms with E-state index in [1.807, 2.05) is 46.6 Å². The number of carbonyl (C=O) groups excluding carboxylic acids is 1. The van der Waals surface area contributed by atoms with E-state index in [0.717, 1.165) is 6.42 Å². The third-order valence-corrected chi connectivity index (χ3v) is 2.56. The van der Waals surface area contributed by atoms with Crippen LogP contribution in [0.2, 0.25) is 0 Å². The normalized spacial score (nSPS) is 11.9. The number of carbonyl (C=O) groups is 1. The van der Waals surface area contributed by atoms with Gasteiger partial charge in [-0.15, -0.1) is 0 Å². The molecule has 0 atom stereocenters. The zero-order chi connectivity index (χ0) is 9.94. The molecule has 0 saturated heterocycles. The number of rotatable bonds is 3. The van der Waals surface area contributed by atoms with Crippen LogP contribution in [-0.4, -0.2) is 23.9 Å². The summed E-state index contributed by atoms with van der Waals surface area (Å²) in [4.78, 5) is 13.6. The molecule has 0 aliphatic rings. The van der Waals surface area contributed by atoms with Gasteiger partial charge in [0.25, 0.3) is 0 Å². The second-order valence-electron chi connectivity index (χ2n) is 4.25. The van der Waals surface area contributed by atoms with Crippen LogP contribution in [0.5, 0.6) is 0 Å². The van der Waals surface area contributed by atoms with Crippen molar-refractivity contribution in [2.45, 2.75) is 47.1 Å². The van der Waals surface area contributed by atoms with Crippen molar-refractivity contribution in [2.75, 3.05) is 7.05 Å². The van der Waals surface area contributed by atoms with Crippen molar-refractivity contribution in [1.82, 2.24) is 4.90 Å². The van der Waals surface area contributed by atoms with Crippen LogP contribution in [0.4, 0.5) is 0 Å². The van der Waals surface area contributed by atoms with Crippen LogP contribution < -0.4 is 0 Å². The highest BCUT2D eigenvalue weighted by Crippen LogP contribution is 2.22. The maximum atomic E-state index is 11.8. The van der Waals surface area contributed by atoms with Gasteiger partial charge in [0.15, 0.2) is 0 Å². The molecule has 2 nitrogen and oxygen atoms in total. The lowest BCUT2D eigenvalue weighted by Gasteiger charge is -2.30. The standard InChI is InChI=1S/C10H21NO/c1-7-10(4,5)9(12)11(6)8(2)3/h8H,7H2,1-6H3. The molecule has 0 fully saturated rings. The molecular weight excluding hydrogens is 150 g/mol. The molecule has 0 spiro atoms. The summed E-state index contributed by atoms with van der Waals surface area (Å²) in [6.45, 7) is 10.1. The summed E-state index contributed by atoms with van der Waals surface area (Å²) in [5, 5.41) is 0. The Balaban J connectivity index is 4.39. The van der Waals surface area contributed by atoms with Gasteiger partial charge >= 0.3 is 0 Å². The maximum absolute atomic E-state index is 11.8. The van der Waals surface area contributed by atoms with Crippen LogP contribution in [0.15, 0.2) is 0 Å². The molecule has 0 aromatic heterocycles. The molecular formula is C10H21NO. The minimum atomic E-state index is -0.209. The van der Waals surface area contributed by atoms with E-state index in [4.69, 9.17) is 0 Å². The first-order valence-electron chi connectivity index (χ1n) is 4.60. The van der Waals surface area contributed by atoms with E-state index < -0.39 is 0 Å². The Hall–Kier alpha value is -0.530. The highest BCUT2D eigenvalue weighted by Gasteiger charge is 2.29. The lowest BCUT2D eigenvalue weighted by Crippen LogP contribution is -2.41. The van der Waals surface area contributed by atoms with E-state index in [-0.39, 0.29) is 11.3 Å². The van der Waals surface area contributed by atoms with E-state index in [1.165, 1.54) is 0 Å². The van der Waals surface area contributed by atoms with E-state index in [0.29, 0.717) is 6.04 Å². The predicted molar refractivity (Wildman–Crippen MR) is 52.0 cm³/mol. The molecule has 0 unspecified atom stereocenters. The topological polar surface area (TPSA) is 20.3 Å². The molecule has 0 aliphatic carbocycles. The van der Waals surface area contributed by atoms with Gasteiger partial charge in [-0.1, -0.05) is 20.8 Å². The van der Waals surface area contributed by atoms with Crippen LogP contribution in [0.1, 0.15) is 41.0 Å². The fourth-order valence-electron chi connectivity index (χ4n) is 0.863. The Morgan fingerprint density at radius 3 is 2.08 bits per heavy atom. The van der Waals surface area contributed by atoms with Crippen molar-refractivity contribution < 1.29 is 4.79 Å². The van der Waals surface area contributed by atoms with Crippen molar-refractivity contribution in [3.05, 3.63) is 0 Å². The van der Waals surface area contributed by atoms with Gasteiger partial charge in [0, 0.05) is 18.5 Å². The van der Waals surface area contributed by atoms with Crippen LogP contribution >= 0.6 is 0 Å². The summed E-state index contributed by atoms with van der Waals surface area (Å²) >= 11 is 0. The molecule has 2 heteroatoms. The Kier molecular flexibility index (Phi) is 3.75. The molecule has 0 aromatic rings. The Morgan fingerprint density at radius 2 is 1.83 bits per heavy atom. The second-order valence-corrected chi connectivity index (χ2v) is 4.25. The molecule has 0 aliphatic heterocycles. The van der Waals surface area contributed by atoms with Gasteiger partial charge in [0.2, 0.25) is 5.91 Å². The summed E-state index contributed by atoms with van der Waals surface area (Å²) in [6, 6.07) is 0.295. The molecule has 72 valence electrons. The van der Waals surface area contributed by atoms with E-state index >= 15 is 0 Å². The van der Waals surface area contributed by atoms with Gasteiger partial charge < -0.3 is 4.90 Å². The lowest BCUT2D eigenvalue weighted by molar-refractivity contribution is -0.140. The van der Waals surface area contributed by atoms with Gasteiger partial charge in [-0.25, -0.2) is 0 Å². The first kappa shape index (κ1) is 11.5. The molecule has 0 N–H and O–H groups in total. The molecule has 0 saturated carbocycles.